The van der Waals surface area contributed by atoms with Crippen LogP contribution in [0, 0.1) is 17.8 Å². The van der Waals surface area contributed by atoms with Crippen LogP contribution in [0.5, 0.6) is 0 Å². The zero-order valence-corrected chi connectivity index (χ0v) is 11.4. The predicted molar refractivity (Wildman–Crippen MR) is 73.9 cm³/mol. The standard InChI is InChI=1S/C15H18N2O3/c1-11-6-8-17(13(11)10-19)15(20)14-12(5-3-9-18)4-2-7-16-14/h2,4,7,11,13,18-19H,6,8-10H2,1H3. The molecule has 2 N–H and O–H groups in total. The largest absolute Gasteiger partial charge is 0.394 e. The Labute approximate surface area is 118 Å². The Morgan fingerprint density at radius 1 is 1.55 bits per heavy atom. The third-order valence-electron chi connectivity index (χ3n) is 3.64. The van der Waals surface area contributed by atoms with E-state index in [0.717, 1.165) is 6.42 Å². The smallest absolute Gasteiger partial charge is 0.274 e. The third kappa shape index (κ3) is 2.82. The maximum atomic E-state index is 12.6. The summed E-state index contributed by atoms with van der Waals surface area (Å²) in [5, 5.41) is 18.2. The number of aliphatic hydroxyl groups is 2. The maximum Gasteiger partial charge on any atom is 0.274 e. The van der Waals surface area contributed by atoms with Crippen LogP contribution in [-0.2, 0) is 0 Å². The number of pyridine rings is 1. The third-order valence-corrected chi connectivity index (χ3v) is 3.64. The lowest BCUT2D eigenvalue weighted by Crippen LogP contribution is -2.40. The SMILES string of the molecule is CC1CCN(C(=O)c2ncccc2C#CCO)C1CO. The van der Waals surface area contributed by atoms with E-state index in [4.69, 9.17) is 5.11 Å². The van der Waals surface area contributed by atoms with Crippen molar-refractivity contribution in [1.29, 1.82) is 0 Å². The Morgan fingerprint density at radius 3 is 3.05 bits per heavy atom. The minimum atomic E-state index is -0.261. The van der Waals surface area contributed by atoms with E-state index < -0.39 is 0 Å². The topological polar surface area (TPSA) is 73.7 Å². The van der Waals surface area contributed by atoms with E-state index >= 15 is 0 Å². The molecule has 1 amide bonds. The molecule has 5 heteroatoms. The van der Waals surface area contributed by atoms with Gasteiger partial charge in [-0.25, -0.2) is 4.98 Å². The fourth-order valence-corrected chi connectivity index (χ4v) is 2.49. The quantitative estimate of drug-likeness (QED) is 0.759. The van der Waals surface area contributed by atoms with Crippen LogP contribution in [0.3, 0.4) is 0 Å². The number of aliphatic hydroxyl groups excluding tert-OH is 2. The molecule has 2 rings (SSSR count). The number of amides is 1. The Kier molecular flexibility index (Phi) is 4.72. The van der Waals surface area contributed by atoms with E-state index in [-0.39, 0.29) is 36.8 Å². The van der Waals surface area contributed by atoms with E-state index in [9.17, 15) is 9.90 Å². The first kappa shape index (κ1) is 14.5. The molecule has 20 heavy (non-hydrogen) atoms. The second kappa shape index (κ2) is 6.51. The molecular weight excluding hydrogens is 256 g/mol. The molecule has 5 nitrogen and oxygen atoms in total. The lowest BCUT2D eigenvalue weighted by molar-refractivity contribution is 0.0642. The number of carbonyl (C=O) groups is 1. The summed E-state index contributed by atoms with van der Waals surface area (Å²) in [7, 11) is 0. The lowest BCUT2D eigenvalue weighted by Gasteiger charge is -2.25. The van der Waals surface area contributed by atoms with Crippen molar-refractivity contribution < 1.29 is 15.0 Å². The van der Waals surface area contributed by atoms with Crippen molar-refractivity contribution in [1.82, 2.24) is 9.88 Å². The summed E-state index contributed by atoms with van der Waals surface area (Å²) in [6, 6.07) is 3.24. The normalized spacial score (nSPS) is 21.4. The van der Waals surface area contributed by atoms with E-state index in [0.29, 0.717) is 12.1 Å². The minimum absolute atomic E-state index is 0.0443. The van der Waals surface area contributed by atoms with Crippen molar-refractivity contribution in [3.63, 3.8) is 0 Å². The summed E-state index contributed by atoms with van der Waals surface area (Å²) in [6.07, 6.45) is 2.42. The van der Waals surface area contributed by atoms with E-state index in [2.05, 4.69) is 16.8 Å². The molecule has 1 aliphatic heterocycles. The summed E-state index contributed by atoms with van der Waals surface area (Å²) in [5.41, 5.74) is 0.781. The lowest BCUT2D eigenvalue weighted by atomic mass is 10.0. The van der Waals surface area contributed by atoms with Gasteiger partial charge in [0.25, 0.3) is 5.91 Å². The number of hydrogen-bond acceptors (Lipinski definition) is 4. The van der Waals surface area contributed by atoms with Gasteiger partial charge in [-0.1, -0.05) is 18.8 Å². The van der Waals surface area contributed by atoms with E-state index in [1.807, 2.05) is 6.92 Å². The van der Waals surface area contributed by atoms with E-state index in [1.54, 1.807) is 23.2 Å². The maximum absolute atomic E-state index is 12.6. The number of rotatable bonds is 2. The van der Waals surface area contributed by atoms with Crippen LogP contribution in [0.15, 0.2) is 18.3 Å². The zero-order chi connectivity index (χ0) is 14.5. The highest BCUT2D eigenvalue weighted by Crippen LogP contribution is 2.25. The summed E-state index contributed by atoms with van der Waals surface area (Å²) in [4.78, 5) is 18.3. The Balaban J connectivity index is 2.30. The number of nitrogens with zero attached hydrogens (tertiary/aromatic N) is 2. The molecule has 0 bridgehead atoms. The molecule has 1 saturated heterocycles. The van der Waals surface area contributed by atoms with Crippen LogP contribution in [-0.4, -0.2) is 51.8 Å². The van der Waals surface area contributed by atoms with Gasteiger partial charge in [0.1, 0.15) is 12.3 Å². The van der Waals surface area contributed by atoms with Crippen LogP contribution in [0.4, 0.5) is 0 Å². The second-order valence-electron chi connectivity index (χ2n) is 4.87. The van der Waals surface area contributed by atoms with Crippen molar-refractivity contribution in [3.05, 3.63) is 29.6 Å². The molecule has 106 valence electrons. The molecule has 0 saturated carbocycles. The van der Waals surface area contributed by atoms with Gasteiger partial charge in [-0.2, -0.15) is 0 Å². The molecular formula is C15H18N2O3. The average Bonchev–Trinajstić information content (AvgIpc) is 2.85. The van der Waals surface area contributed by atoms with Crippen LogP contribution >= 0.6 is 0 Å². The average molecular weight is 274 g/mol. The van der Waals surface area contributed by atoms with Gasteiger partial charge in [-0.05, 0) is 24.5 Å². The molecule has 1 aliphatic rings. The van der Waals surface area contributed by atoms with Crippen molar-refractivity contribution in [2.45, 2.75) is 19.4 Å². The van der Waals surface area contributed by atoms with Gasteiger partial charge in [0.15, 0.2) is 0 Å². The number of carbonyl (C=O) groups excluding carboxylic acids is 1. The van der Waals surface area contributed by atoms with Crippen molar-refractivity contribution in [2.24, 2.45) is 5.92 Å². The monoisotopic (exact) mass is 274 g/mol. The van der Waals surface area contributed by atoms with Crippen LogP contribution < -0.4 is 0 Å². The molecule has 2 heterocycles. The fraction of sp³-hybridized carbons (Fsp3) is 0.467. The van der Waals surface area contributed by atoms with Gasteiger partial charge < -0.3 is 15.1 Å². The highest BCUT2D eigenvalue weighted by Gasteiger charge is 2.35. The molecule has 0 radical (unpaired) electrons. The van der Waals surface area contributed by atoms with Gasteiger partial charge in [0.05, 0.1) is 18.2 Å². The molecule has 1 aromatic rings. The zero-order valence-electron chi connectivity index (χ0n) is 11.4. The Hall–Kier alpha value is -1.90. The first-order valence-corrected chi connectivity index (χ1v) is 6.65. The Bertz CT molecular complexity index is 548. The van der Waals surface area contributed by atoms with Crippen LogP contribution in [0.1, 0.15) is 29.4 Å². The Morgan fingerprint density at radius 2 is 2.35 bits per heavy atom. The first-order chi connectivity index (χ1) is 9.69. The molecule has 1 aromatic heterocycles. The second-order valence-corrected chi connectivity index (χ2v) is 4.87. The van der Waals surface area contributed by atoms with Crippen molar-refractivity contribution in [3.8, 4) is 11.8 Å². The summed E-state index contributed by atoms with van der Waals surface area (Å²) >= 11 is 0. The summed E-state index contributed by atoms with van der Waals surface area (Å²) < 4.78 is 0. The van der Waals surface area contributed by atoms with Crippen LogP contribution in [0.2, 0.25) is 0 Å². The number of hydrogen-bond donors (Lipinski definition) is 2. The predicted octanol–water partition coefficient (Wildman–Crippen LogP) is 0.268. The number of likely N-dealkylation sites (tertiary alicyclic amines) is 1. The molecule has 0 spiro atoms. The first-order valence-electron chi connectivity index (χ1n) is 6.65. The summed E-state index contributed by atoms with van der Waals surface area (Å²) in [6.45, 7) is 2.34. The molecule has 2 unspecified atom stereocenters. The van der Waals surface area contributed by atoms with E-state index in [1.165, 1.54) is 0 Å². The van der Waals surface area contributed by atoms with Gasteiger partial charge in [0, 0.05) is 12.7 Å². The minimum Gasteiger partial charge on any atom is -0.394 e. The molecule has 0 aliphatic carbocycles. The molecule has 0 aromatic carbocycles. The number of aromatic nitrogens is 1. The fourth-order valence-electron chi connectivity index (χ4n) is 2.49. The highest BCUT2D eigenvalue weighted by atomic mass is 16.3. The van der Waals surface area contributed by atoms with Gasteiger partial charge >= 0.3 is 0 Å². The highest BCUT2D eigenvalue weighted by molar-refractivity contribution is 5.95. The molecule has 1 fully saturated rings. The molecule has 2 atom stereocenters. The summed E-state index contributed by atoms with van der Waals surface area (Å²) in [5.74, 6) is 5.33. The van der Waals surface area contributed by atoms with Crippen molar-refractivity contribution >= 4 is 5.91 Å². The van der Waals surface area contributed by atoms with Gasteiger partial charge in [0.2, 0.25) is 0 Å². The van der Waals surface area contributed by atoms with Crippen molar-refractivity contribution in [2.75, 3.05) is 19.8 Å². The van der Waals surface area contributed by atoms with Gasteiger partial charge in [-0.3, -0.25) is 4.79 Å². The van der Waals surface area contributed by atoms with Gasteiger partial charge in [-0.15, -0.1) is 0 Å². The van der Waals surface area contributed by atoms with Crippen LogP contribution in [0.25, 0.3) is 0 Å².